The number of hydrogen-bond acceptors (Lipinski definition) is 2. The molecule has 0 unspecified atom stereocenters. The zero-order valence-corrected chi connectivity index (χ0v) is 18.0. The number of nitrogens with zero attached hydrogens (tertiary/aromatic N) is 1. The summed E-state index contributed by atoms with van der Waals surface area (Å²) in [7, 11) is 0. The molecule has 30 heavy (non-hydrogen) atoms. The van der Waals surface area contributed by atoms with Crippen LogP contribution >= 0.6 is 0 Å². The first-order chi connectivity index (χ1) is 14.5. The third kappa shape index (κ3) is 3.65. The predicted octanol–water partition coefficient (Wildman–Crippen LogP) is 6.23. The number of benzene rings is 3. The van der Waals surface area contributed by atoms with Gasteiger partial charge in [-0.3, -0.25) is 4.79 Å². The maximum Gasteiger partial charge on any atom is 0.265 e. The molecule has 0 aliphatic rings. The SMILES string of the molecule is CC[C@H](Oc1cc(C)ccc1C)C(=O)Nc1ccc2c(c1)c1ccccc1n2CC. The molecule has 0 aliphatic carbocycles. The van der Waals surface area contributed by atoms with E-state index in [1.807, 2.05) is 45.0 Å². The van der Waals surface area contributed by atoms with Crippen LogP contribution in [0.15, 0.2) is 60.7 Å². The Balaban J connectivity index is 1.62. The molecule has 4 aromatic rings. The molecular formula is C26H28N2O2. The molecule has 0 saturated carbocycles. The summed E-state index contributed by atoms with van der Waals surface area (Å²) < 4.78 is 8.37. The van der Waals surface area contributed by atoms with Gasteiger partial charge in [0.05, 0.1) is 0 Å². The number of fused-ring (bicyclic) bond motifs is 3. The molecule has 0 spiro atoms. The number of anilines is 1. The van der Waals surface area contributed by atoms with Crippen molar-refractivity contribution in [1.29, 1.82) is 0 Å². The number of aryl methyl sites for hydroxylation is 3. The second kappa shape index (κ2) is 8.23. The number of para-hydroxylation sites is 1. The van der Waals surface area contributed by atoms with Gasteiger partial charge >= 0.3 is 0 Å². The lowest BCUT2D eigenvalue weighted by molar-refractivity contribution is -0.122. The first-order valence-electron chi connectivity index (χ1n) is 10.6. The van der Waals surface area contributed by atoms with E-state index < -0.39 is 6.10 Å². The Hall–Kier alpha value is -3.27. The summed E-state index contributed by atoms with van der Waals surface area (Å²) in [6.07, 6.45) is 0.0505. The van der Waals surface area contributed by atoms with Gasteiger partial charge in [-0.25, -0.2) is 0 Å². The first kappa shape index (κ1) is 20.0. The van der Waals surface area contributed by atoms with Crippen molar-refractivity contribution in [3.63, 3.8) is 0 Å². The molecule has 154 valence electrons. The average molecular weight is 401 g/mol. The molecule has 0 saturated heterocycles. The fraction of sp³-hybridized carbons (Fsp3) is 0.269. The van der Waals surface area contributed by atoms with Crippen molar-refractivity contribution in [2.75, 3.05) is 5.32 Å². The van der Waals surface area contributed by atoms with Crippen LogP contribution in [0.5, 0.6) is 5.75 Å². The molecule has 4 nitrogen and oxygen atoms in total. The molecular weight excluding hydrogens is 372 g/mol. The molecule has 3 aromatic carbocycles. The van der Waals surface area contributed by atoms with E-state index in [1.54, 1.807) is 0 Å². The van der Waals surface area contributed by atoms with Gasteiger partial charge in [-0.15, -0.1) is 0 Å². The lowest BCUT2D eigenvalue weighted by Crippen LogP contribution is -2.32. The van der Waals surface area contributed by atoms with Crippen molar-refractivity contribution in [3.8, 4) is 5.75 Å². The van der Waals surface area contributed by atoms with Gasteiger partial charge < -0.3 is 14.6 Å². The summed E-state index contributed by atoms with van der Waals surface area (Å²) in [5.74, 6) is 0.635. The van der Waals surface area contributed by atoms with Crippen molar-refractivity contribution >= 4 is 33.4 Å². The third-order valence-electron chi connectivity index (χ3n) is 5.63. The Morgan fingerprint density at radius 3 is 2.50 bits per heavy atom. The summed E-state index contributed by atoms with van der Waals surface area (Å²) in [5.41, 5.74) is 5.32. The van der Waals surface area contributed by atoms with E-state index in [9.17, 15) is 4.79 Å². The molecule has 0 aliphatic heterocycles. The minimum atomic E-state index is -0.543. The number of ether oxygens (including phenoxy) is 1. The Kier molecular flexibility index (Phi) is 5.49. The number of carbonyl (C=O) groups is 1. The van der Waals surface area contributed by atoms with Crippen molar-refractivity contribution in [2.24, 2.45) is 0 Å². The Morgan fingerprint density at radius 2 is 1.73 bits per heavy atom. The van der Waals surface area contributed by atoms with Crippen molar-refractivity contribution in [1.82, 2.24) is 4.57 Å². The molecule has 1 atom stereocenters. The van der Waals surface area contributed by atoms with E-state index in [1.165, 1.54) is 16.4 Å². The number of amides is 1. The standard InChI is InChI=1S/C26H28N2O2/c1-5-24(30-25-15-17(3)11-12-18(25)4)26(29)27-19-13-14-23-21(16-19)20-9-7-8-10-22(20)28(23)6-2/h7-16,24H,5-6H2,1-4H3,(H,27,29)/t24-/m0/s1. The Morgan fingerprint density at radius 1 is 0.967 bits per heavy atom. The molecule has 1 amide bonds. The number of hydrogen-bond donors (Lipinski definition) is 1. The summed E-state index contributed by atoms with van der Waals surface area (Å²) in [6, 6.07) is 20.6. The largest absolute Gasteiger partial charge is 0.480 e. The average Bonchev–Trinajstić information content (AvgIpc) is 3.07. The normalized spacial score (nSPS) is 12.3. The summed E-state index contributed by atoms with van der Waals surface area (Å²) in [5, 5.41) is 5.40. The van der Waals surface area contributed by atoms with Crippen molar-refractivity contribution in [3.05, 3.63) is 71.8 Å². The van der Waals surface area contributed by atoms with Crippen LogP contribution in [0.25, 0.3) is 21.8 Å². The summed E-state index contributed by atoms with van der Waals surface area (Å²) >= 11 is 0. The number of carbonyl (C=O) groups excluding carboxylic acids is 1. The molecule has 4 rings (SSSR count). The van der Waals surface area contributed by atoms with E-state index in [0.29, 0.717) is 6.42 Å². The van der Waals surface area contributed by atoms with Gasteiger partial charge in [0.2, 0.25) is 0 Å². The van der Waals surface area contributed by atoms with E-state index in [2.05, 4.69) is 53.2 Å². The molecule has 0 radical (unpaired) electrons. The van der Waals surface area contributed by atoms with Crippen LogP contribution in [0.2, 0.25) is 0 Å². The highest BCUT2D eigenvalue weighted by Gasteiger charge is 2.20. The molecule has 1 aromatic heterocycles. The molecule has 0 bridgehead atoms. The van der Waals surface area contributed by atoms with Gasteiger partial charge in [0.15, 0.2) is 6.10 Å². The fourth-order valence-corrected chi connectivity index (χ4v) is 4.00. The van der Waals surface area contributed by atoms with Crippen LogP contribution in [0.1, 0.15) is 31.4 Å². The van der Waals surface area contributed by atoms with Gasteiger partial charge in [-0.2, -0.15) is 0 Å². The maximum atomic E-state index is 13.0. The van der Waals surface area contributed by atoms with Crippen LogP contribution in [0.3, 0.4) is 0 Å². The van der Waals surface area contributed by atoms with E-state index in [4.69, 9.17) is 4.74 Å². The topological polar surface area (TPSA) is 43.3 Å². The molecule has 1 heterocycles. The predicted molar refractivity (Wildman–Crippen MR) is 124 cm³/mol. The first-order valence-corrected chi connectivity index (χ1v) is 10.6. The molecule has 0 fully saturated rings. The smallest absolute Gasteiger partial charge is 0.265 e. The van der Waals surface area contributed by atoms with E-state index in [0.717, 1.165) is 34.5 Å². The lowest BCUT2D eigenvalue weighted by Gasteiger charge is -2.19. The van der Waals surface area contributed by atoms with Gasteiger partial charge in [-0.05, 0) is 68.7 Å². The lowest BCUT2D eigenvalue weighted by atomic mass is 10.1. The molecule has 1 N–H and O–H groups in total. The van der Waals surface area contributed by atoms with Crippen molar-refractivity contribution < 1.29 is 9.53 Å². The minimum absolute atomic E-state index is 0.128. The number of rotatable bonds is 6. The highest BCUT2D eigenvalue weighted by Crippen LogP contribution is 2.31. The summed E-state index contributed by atoms with van der Waals surface area (Å²) in [6.45, 7) is 9.04. The molecule has 4 heteroatoms. The maximum absolute atomic E-state index is 13.0. The van der Waals surface area contributed by atoms with E-state index in [-0.39, 0.29) is 5.91 Å². The van der Waals surface area contributed by atoms with Gasteiger partial charge in [0, 0.05) is 34.0 Å². The number of nitrogens with one attached hydrogen (secondary N) is 1. The fourth-order valence-electron chi connectivity index (χ4n) is 4.00. The highest BCUT2D eigenvalue weighted by molar-refractivity contribution is 6.10. The minimum Gasteiger partial charge on any atom is -0.480 e. The quantitative estimate of drug-likeness (QED) is 0.417. The second-order valence-electron chi connectivity index (χ2n) is 7.77. The Bertz CT molecular complexity index is 1220. The van der Waals surface area contributed by atoms with Gasteiger partial charge in [0.25, 0.3) is 5.91 Å². The van der Waals surface area contributed by atoms with Crippen molar-refractivity contribution in [2.45, 2.75) is 46.8 Å². The van der Waals surface area contributed by atoms with E-state index >= 15 is 0 Å². The Labute approximate surface area is 177 Å². The zero-order chi connectivity index (χ0) is 21.3. The monoisotopic (exact) mass is 400 g/mol. The van der Waals surface area contributed by atoms with Crippen LogP contribution in [-0.2, 0) is 11.3 Å². The van der Waals surface area contributed by atoms with Crippen LogP contribution in [-0.4, -0.2) is 16.6 Å². The number of aromatic nitrogens is 1. The van der Waals surface area contributed by atoms with Gasteiger partial charge in [0.1, 0.15) is 5.75 Å². The zero-order valence-electron chi connectivity index (χ0n) is 18.0. The van der Waals surface area contributed by atoms with Crippen LogP contribution in [0.4, 0.5) is 5.69 Å². The second-order valence-corrected chi connectivity index (χ2v) is 7.77. The summed E-state index contributed by atoms with van der Waals surface area (Å²) in [4.78, 5) is 13.0. The van der Waals surface area contributed by atoms with Crippen LogP contribution < -0.4 is 10.1 Å². The van der Waals surface area contributed by atoms with Gasteiger partial charge in [-0.1, -0.05) is 37.3 Å². The van der Waals surface area contributed by atoms with Crippen LogP contribution in [0, 0.1) is 13.8 Å². The third-order valence-corrected chi connectivity index (χ3v) is 5.63. The highest BCUT2D eigenvalue weighted by atomic mass is 16.5.